The van der Waals surface area contributed by atoms with E-state index in [-0.39, 0.29) is 0 Å². The SMILES string of the molecule is NC(F)(F)CF. The molecule has 0 spiro atoms. The summed E-state index contributed by atoms with van der Waals surface area (Å²) >= 11 is 0. The molecule has 0 aliphatic carbocycles. The molecule has 0 aromatic heterocycles. The molecule has 0 radical (unpaired) electrons. The lowest BCUT2D eigenvalue weighted by Crippen LogP contribution is -2.30. The minimum absolute atomic E-state index is 1.78. The van der Waals surface area contributed by atoms with E-state index < -0.39 is 12.7 Å². The van der Waals surface area contributed by atoms with Crippen LogP contribution in [0.5, 0.6) is 0 Å². The van der Waals surface area contributed by atoms with Crippen LogP contribution in [0.25, 0.3) is 0 Å². The van der Waals surface area contributed by atoms with Crippen molar-refractivity contribution in [3.05, 3.63) is 0 Å². The molecule has 1 nitrogen and oxygen atoms in total. The first-order valence-corrected chi connectivity index (χ1v) is 1.29. The second-order valence-corrected chi connectivity index (χ2v) is 0.895. The predicted molar refractivity (Wildman–Crippen MR) is 15.1 cm³/mol. The molecule has 0 bridgehead atoms. The van der Waals surface area contributed by atoms with Gasteiger partial charge in [0.1, 0.15) is 0 Å². The van der Waals surface area contributed by atoms with Crippen LogP contribution in [0.1, 0.15) is 0 Å². The predicted octanol–water partition coefficient (Wildman–Crippen LogP) is 0.507. The van der Waals surface area contributed by atoms with Gasteiger partial charge in [-0.3, -0.25) is 5.73 Å². The van der Waals surface area contributed by atoms with Crippen molar-refractivity contribution in [1.82, 2.24) is 0 Å². The van der Waals surface area contributed by atoms with Gasteiger partial charge < -0.3 is 0 Å². The van der Waals surface area contributed by atoms with E-state index in [9.17, 15) is 13.2 Å². The molecule has 0 fully saturated rings. The number of nitrogens with two attached hydrogens (primary N) is 1. The zero-order valence-corrected chi connectivity index (χ0v) is 2.92. The van der Waals surface area contributed by atoms with Crippen LogP contribution in [-0.2, 0) is 0 Å². The van der Waals surface area contributed by atoms with Crippen LogP contribution < -0.4 is 5.73 Å². The summed E-state index contributed by atoms with van der Waals surface area (Å²) < 4.78 is 32.3. The molecule has 0 amide bonds. The standard InChI is InChI=1S/C2H4F3N/c3-1-2(4,5)6/h1,6H2. The molecule has 0 atom stereocenters. The molecule has 6 heavy (non-hydrogen) atoms. The first-order chi connectivity index (χ1) is 2.56. The maximum atomic E-state index is 10.9. The zero-order valence-electron chi connectivity index (χ0n) is 2.92. The number of hydrogen-bond donors (Lipinski definition) is 1. The number of alkyl halides is 3. The molecule has 0 saturated carbocycles. The average Bonchev–Trinajstić information content (AvgIpc) is 1.35. The van der Waals surface area contributed by atoms with E-state index in [2.05, 4.69) is 5.73 Å². The summed E-state index contributed by atoms with van der Waals surface area (Å²) in [5.41, 5.74) is 3.83. The van der Waals surface area contributed by atoms with Crippen molar-refractivity contribution in [1.29, 1.82) is 0 Å². The van der Waals surface area contributed by atoms with E-state index in [1.807, 2.05) is 0 Å². The summed E-state index contributed by atoms with van der Waals surface area (Å²) in [7, 11) is 0. The molecular formula is C2H4F3N. The molecule has 0 aromatic rings. The Kier molecular flexibility index (Phi) is 1.40. The van der Waals surface area contributed by atoms with E-state index in [4.69, 9.17) is 0 Å². The lowest BCUT2D eigenvalue weighted by atomic mass is 10.7. The highest BCUT2D eigenvalue weighted by Gasteiger charge is 2.20. The monoisotopic (exact) mass is 99.0 g/mol. The van der Waals surface area contributed by atoms with Crippen LogP contribution in [-0.4, -0.2) is 12.7 Å². The summed E-state index contributed by atoms with van der Waals surface area (Å²) in [6, 6.07) is -3.62. The molecule has 0 saturated heterocycles. The molecule has 0 unspecified atom stereocenters. The van der Waals surface area contributed by atoms with E-state index in [0.717, 1.165) is 0 Å². The highest BCUT2D eigenvalue weighted by molar-refractivity contribution is 4.48. The van der Waals surface area contributed by atoms with Gasteiger partial charge in [0.25, 0.3) is 0 Å². The van der Waals surface area contributed by atoms with Crippen molar-refractivity contribution in [3.8, 4) is 0 Å². The van der Waals surface area contributed by atoms with Crippen molar-refractivity contribution >= 4 is 0 Å². The number of hydrogen-bond acceptors (Lipinski definition) is 1. The Morgan fingerprint density at radius 2 is 1.67 bits per heavy atom. The lowest BCUT2D eigenvalue weighted by Gasteiger charge is -1.99. The molecule has 0 aromatic carbocycles. The lowest BCUT2D eigenvalue weighted by molar-refractivity contribution is -0.0157. The summed E-state index contributed by atoms with van der Waals surface area (Å²) in [5, 5.41) is 0. The van der Waals surface area contributed by atoms with Gasteiger partial charge in [-0.1, -0.05) is 0 Å². The summed E-state index contributed by atoms with van der Waals surface area (Å²) in [6.07, 6.45) is 0. The average molecular weight is 99.1 g/mol. The van der Waals surface area contributed by atoms with Crippen LogP contribution in [0.3, 0.4) is 0 Å². The van der Waals surface area contributed by atoms with Gasteiger partial charge in [-0.05, 0) is 0 Å². The molecule has 0 aliphatic heterocycles. The topological polar surface area (TPSA) is 26.0 Å². The normalized spacial score (nSPS) is 12.0. The smallest absolute Gasteiger partial charge is 0.270 e. The van der Waals surface area contributed by atoms with Crippen LogP contribution in [0, 0.1) is 0 Å². The van der Waals surface area contributed by atoms with Crippen molar-refractivity contribution in [2.45, 2.75) is 6.05 Å². The molecular weight excluding hydrogens is 95.0 g/mol. The molecule has 0 rings (SSSR count). The highest BCUT2D eigenvalue weighted by Crippen LogP contribution is 2.01. The van der Waals surface area contributed by atoms with Crippen molar-refractivity contribution in [2.75, 3.05) is 6.67 Å². The Hall–Kier alpha value is -0.250. The third-order valence-electron chi connectivity index (χ3n) is 0.178. The van der Waals surface area contributed by atoms with E-state index >= 15 is 0 Å². The molecule has 0 aliphatic rings. The summed E-state index contributed by atoms with van der Waals surface area (Å²) in [5.74, 6) is 0. The second-order valence-electron chi connectivity index (χ2n) is 0.895. The quantitative estimate of drug-likeness (QED) is 0.476. The van der Waals surface area contributed by atoms with E-state index in [1.54, 1.807) is 0 Å². The van der Waals surface area contributed by atoms with Crippen LogP contribution in [0.4, 0.5) is 13.2 Å². The largest absolute Gasteiger partial charge is 0.328 e. The summed E-state index contributed by atoms with van der Waals surface area (Å²) in [6.45, 7) is -1.78. The Morgan fingerprint density at radius 3 is 1.67 bits per heavy atom. The first kappa shape index (κ1) is 5.75. The third kappa shape index (κ3) is 3.75. The third-order valence-corrected chi connectivity index (χ3v) is 0.178. The fourth-order valence-electron chi connectivity index (χ4n) is 0. The zero-order chi connectivity index (χ0) is 5.21. The molecule has 0 heterocycles. The molecule has 4 heteroatoms. The Bertz CT molecular complexity index is 38.5. The Labute approximate surface area is 32.9 Å². The highest BCUT2D eigenvalue weighted by atomic mass is 19.3. The molecule has 38 valence electrons. The van der Waals surface area contributed by atoms with Gasteiger partial charge in [0, 0.05) is 0 Å². The van der Waals surface area contributed by atoms with Gasteiger partial charge in [0.15, 0.2) is 6.67 Å². The van der Waals surface area contributed by atoms with Crippen molar-refractivity contribution in [3.63, 3.8) is 0 Å². The maximum Gasteiger partial charge on any atom is 0.328 e. The van der Waals surface area contributed by atoms with Gasteiger partial charge in [-0.2, -0.15) is 8.78 Å². The number of halogens is 3. The van der Waals surface area contributed by atoms with Gasteiger partial charge >= 0.3 is 6.05 Å². The summed E-state index contributed by atoms with van der Waals surface area (Å²) in [4.78, 5) is 0. The van der Waals surface area contributed by atoms with Gasteiger partial charge in [-0.25, -0.2) is 4.39 Å². The van der Waals surface area contributed by atoms with Crippen LogP contribution in [0.15, 0.2) is 0 Å². The van der Waals surface area contributed by atoms with Crippen molar-refractivity contribution in [2.24, 2.45) is 5.73 Å². The van der Waals surface area contributed by atoms with Gasteiger partial charge in [0.05, 0.1) is 0 Å². The fraction of sp³-hybridized carbons (Fsp3) is 1.00. The number of rotatable bonds is 1. The van der Waals surface area contributed by atoms with Crippen LogP contribution in [0.2, 0.25) is 0 Å². The van der Waals surface area contributed by atoms with E-state index in [1.165, 1.54) is 0 Å². The van der Waals surface area contributed by atoms with Crippen LogP contribution >= 0.6 is 0 Å². The Morgan fingerprint density at radius 1 is 1.50 bits per heavy atom. The van der Waals surface area contributed by atoms with Gasteiger partial charge in [-0.15, -0.1) is 0 Å². The minimum atomic E-state index is -3.62. The van der Waals surface area contributed by atoms with Gasteiger partial charge in [0.2, 0.25) is 0 Å². The minimum Gasteiger partial charge on any atom is -0.270 e. The molecule has 2 N–H and O–H groups in total. The van der Waals surface area contributed by atoms with E-state index in [0.29, 0.717) is 0 Å². The fourth-order valence-corrected chi connectivity index (χ4v) is 0. The Balaban J connectivity index is 3.17. The first-order valence-electron chi connectivity index (χ1n) is 1.29. The van der Waals surface area contributed by atoms with Crippen molar-refractivity contribution < 1.29 is 13.2 Å². The maximum absolute atomic E-state index is 10.9. The second kappa shape index (κ2) is 1.47.